The van der Waals surface area contributed by atoms with Crippen LogP contribution in [0.25, 0.3) is 0 Å². The lowest BCUT2D eigenvalue weighted by molar-refractivity contribution is -0.158. The summed E-state index contributed by atoms with van der Waals surface area (Å²) >= 11 is 0. The molecule has 0 bridgehead atoms. The van der Waals surface area contributed by atoms with Crippen LogP contribution in [0.3, 0.4) is 0 Å². The molecule has 0 radical (unpaired) electrons. The Hall–Kier alpha value is -3.71. The van der Waals surface area contributed by atoms with Gasteiger partial charge in [0.1, 0.15) is 11.7 Å². The number of sulfonamides is 1. The first-order valence-electron chi connectivity index (χ1n) is 11.6. The molecule has 2 aliphatic rings. The third-order valence-electron chi connectivity index (χ3n) is 6.17. The molecule has 0 unspecified atom stereocenters. The third kappa shape index (κ3) is 5.16. The minimum atomic E-state index is -5.83. The summed E-state index contributed by atoms with van der Waals surface area (Å²) < 4.78 is 74.2. The number of hydrogen-bond donors (Lipinski definition) is 1. The van der Waals surface area contributed by atoms with Gasteiger partial charge in [0.15, 0.2) is 6.10 Å². The highest BCUT2D eigenvalue weighted by atomic mass is 32.2. The second-order valence-electron chi connectivity index (χ2n) is 8.51. The number of carbonyl (C=O) groups excluding carboxylic acids is 3. The van der Waals surface area contributed by atoms with Gasteiger partial charge in [0.25, 0.3) is 0 Å². The van der Waals surface area contributed by atoms with Crippen LogP contribution in [0.1, 0.15) is 37.0 Å². The normalized spacial score (nSPS) is 19.6. The summed E-state index contributed by atoms with van der Waals surface area (Å²) in [6, 6.07) is 14.4. The fourth-order valence-electron chi connectivity index (χ4n) is 4.42. The first-order chi connectivity index (χ1) is 18.0. The molecule has 0 aliphatic carbocycles. The van der Waals surface area contributed by atoms with Gasteiger partial charge in [0.2, 0.25) is 5.91 Å². The molecule has 2 heterocycles. The van der Waals surface area contributed by atoms with Crippen LogP contribution in [-0.4, -0.2) is 55.4 Å². The second kappa shape index (κ2) is 10.6. The van der Waals surface area contributed by atoms with E-state index >= 15 is 0 Å². The van der Waals surface area contributed by atoms with Crippen molar-refractivity contribution in [3.8, 4) is 0 Å². The summed E-state index contributed by atoms with van der Waals surface area (Å²) in [6.07, 6.45) is -1.18. The number of benzene rings is 2. The van der Waals surface area contributed by atoms with Crippen molar-refractivity contribution in [1.82, 2.24) is 9.62 Å². The third-order valence-corrected chi connectivity index (χ3v) is 7.34. The first-order valence-corrected chi connectivity index (χ1v) is 13.1. The predicted octanol–water partition coefficient (Wildman–Crippen LogP) is 2.95. The van der Waals surface area contributed by atoms with E-state index in [0.717, 1.165) is 4.90 Å². The molecule has 2 atom stereocenters. The largest absolute Gasteiger partial charge is 0.511 e. The zero-order valence-electron chi connectivity index (χ0n) is 20.0. The summed E-state index contributed by atoms with van der Waals surface area (Å²) in [6.45, 7) is 1.51. The van der Waals surface area contributed by atoms with E-state index in [2.05, 4.69) is 0 Å². The molecule has 4 rings (SSSR count). The Balaban J connectivity index is 1.69. The van der Waals surface area contributed by atoms with Crippen molar-refractivity contribution < 1.29 is 45.4 Å². The van der Waals surface area contributed by atoms with Crippen LogP contribution < -0.4 is 4.72 Å². The highest BCUT2D eigenvalue weighted by Gasteiger charge is 2.58. The number of carbonyl (C=O) groups is 3. The van der Waals surface area contributed by atoms with E-state index in [1.807, 2.05) is 0 Å². The molecular formula is C25H23F3N2O7S. The number of β-lactam (4-membered cyclic amide) rings is 1. The van der Waals surface area contributed by atoms with Crippen LogP contribution in [0, 0.1) is 0 Å². The van der Waals surface area contributed by atoms with Gasteiger partial charge in [-0.1, -0.05) is 60.7 Å². The van der Waals surface area contributed by atoms with Gasteiger partial charge in [0.05, 0.1) is 18.2 Å². The van der Waals surface area contributed by atoms with Gasteiger partial charge in [-0.3, -0.25) is 9.69 Å². The summed E-state index contributed by atoms with van der Waals surface area (Å²) in [5.41, 5.74) is -5.12. The first kappa shape index (κ1) is 27.3. The van der Waals surface area contributed by atoms with E-state index in [1.54, 1.807) is 67.6 Å². The van der Waals surface area contributed by atoms with Crippen LogP contribution in [0.2, 0.25) is 0 Å². The lowest BCUT2D eigenvalue weighted by Crippen LogP contribution is -2.72. The number of alkyl halides is 3. The van der Waals surface area contributed by atoms with Gasteiger partial charge < -0.3 is 9.47 Å². The zero-order chi connectivity index (χ0) is 27.7. The fourth-order valence-corrected chi connectivity index (χ4v) is 5.15. The van der Waals surface area contributed by atoms with E-state index < -0.39 is 57.3 Å². The summed E-state index contributed by atoms with van der Waals surface area (Å²) in [5, 5.41) is 0. The van der Waals surface area contributed by atoms with Gasteiger partial charge in [-0.05, 0) is 30.9 Å². The van der Waals surface area contributed by atoms with Crippen LogP contribution >= 0.6 is 0 Å². The Bertz CT molecular complexity index is 1320. The Morgan fingerprint density at radius 3 is 2.08 bits per heavy atom. The summed E-state index contributed by atoms with van der Waals surface area (Å²) in [7, 11) is -5.83. The number of hydrogen-bond acceptors (Lipinski definition) is 7. The highest BCUT2D eigenvalue weighted by Crippen LogP contribution is 2.40. The molecule has 0 spiro atoms. The van der Waals surface area contributed by atoms with Crippen molar-refractivity contribution in [3.05, 3.63) is 83.1 Å². The number of ether oxygens (including phenoxy) is 2. The Morgan fingerprint density at radius 2 is 1.58 bits per heavy atom. The molecule has 0 aromatic heterocycles. The van der Waals surface area contributed by atoms with Gasteiger partial charge in [-0.15, -0.1) is 0 Å². The maximum absolute atomic E-state index is 13.6. The number of halogens is 3. The van der Waals surface area contributed by atoms with E-state index in [1.165, 1.54) is 4.72 Å². The molecule has 38 heavy (non-hydrogen) atoms. The lowest BCUT2D eigenvalue weighted by Gasteiger charge is -2.50. The molecule has 1 saturated heterocycles. The summed E-state index contributed by atoms with van der Waals surface area (Å²) in [4.78, 5) is 40.0. The van der Waals surface area contributed by atoms with E-state index in [-0.39, 0.29) is 25.0 Å². The molecular weight excluding hydrogens is 529 g/mol. The van der Waals surface area contributed by atoms with Crippen molar-refractivity contribution in [2.75, 3.05) is 6.61 Å². The molecule has 1 amide bonds. The van der Waals surface area contributed by atoms with Crippen molar-refractivity contribution >= 4 is 27.9 Å². The number of rotatable bonds is 8. The van der Waals surface area contributed by atoms with Gasteiger partial charge in [-0.2, -0.15) is 17.9 Å². The molecule has 2 aromatic carbocycles. The van der Waals surface area contributed by atoms with Crippen molar-refractivity contribution in [2.45, 2.75) is 43.5 Å². The SMILES string of the molecule is CCOC(=O)C1=C(C(=O)OC(c2ccccc2)c2ccccc2)N2C(=O)[C@@H](NS(=O)(=O)C(F)(F)F)[C@@H]2CC1. The molecule has 2 aliphatic heterocycles. The standard InChI is InChI=1S/C25H23F3N2O7S/c1-2-36-23(32)17-13-14-18-19(29-38(34,35)25(26,27)28)22(31)30(18)20(17)24(33)37-21(15-9-5-3-6-10-15)16-11-7-4-8-12-16/h3-12,18-19,21,29H,2,13-14H2,1H3/t18-,19-/m0/s1. The summed E-state index contributed by atoms with van der Waals surface area (Å²) in [5.74, 6) is -3.09. The smallest absolute Gasteiger partial charge is 0.463 e. The average Bonchev–Trinajstić information content (AvgIpc) is 2.89. The molecule has 2 aromatic rings. The quantitative estimate of drug-likeness (QED) is 0.395. The topological polar surface area (TPSA) is 119 Å². The molecule has 9 nitrogen and oxygen atoms in total. The number of nitrogens with zero attached hydrogens (tertiary/aromatic N) is 1. The minimum absolute atomic E-state index is 0.0350. The van der Waals surface area contributed by atoms with Gasteiger partial charge >= 0.3 is 27.5 Å². The Kier molecular flexibility index (Phi) is 7.61. The number of fused-ring (bicyclic) bond motifs is 1. The lowest BCUT2D eigenvalue weighted by atomic mass is 9.84. The molecule has 1 N–H and O–H groups in total. The monoisotopic (exact) mass is 552 g/mol. The van der Waals surface area contributed by atoms with Crippen LogP contribution in [0.5, 0.6) is 0 Å². The van der Waals surface area contributed by atoms with E-state index in [0.29, 0.717) is 11.1 Å². The number of amides is 1. The van der Waals surface area contributed by atoms with Gasteiger partial charge in [-0.25, -0.2) is 18.0 Å². The van der Waals surface area contributed by atoms with Crippen molar-refractivity contribution in [3.63, 3.8) is 0 Å². The number of esters is 2. The maximum Gasteiger partial charge on any atom is 0.511 e. The number of nitrogens with one attached hydrogen (secondary N) is 1. The predicted molar refractivity (Wildman–Crippen MR) is 126 cm³/mol. The van der Waals surface area contributed by atoms with E-state index in [4.69, 9.17) is 9.47 Å². The van der Waals surface area contributed by atoms with Crippen molar-refractivity contribution in [1.29, 1.82) is 0 Å². The fraction of sp³-hybridized carbons (Fsp3) is 0.320. The Labute approximate surface area is 216 Å². The highest BCUT2D eigenvalue weighted by molar-refractivity contribution is 7.90. The molecule has 13 heteroatoms. The van der Waals surface area contributed by atoms with Crippen molar-refractivity contribution in [2.24, 2.45) is 0 Å². The van der Waals surface area contributed by atoms with Crippen LogP contribution in [0.4, 0.5) is 13.2 Å². The maximum atomic E-state index is 13.6. The van der Waals surface area contributed by atoms with E-state index in [9.17, 15) is 36.0 Å². The Morgan fingerprint density at radius 1 is 1.03 bits per heavy atom. The molecule has 1 fully saturated rings. The second-order valence-corrected chi connectivity index (χ2v) is 10.2. The molecule has 202 valence electrons. The van der Waals surface area contributed by atoms with Crippen LogP contribution in [-0.2, 0) is 33.9 Å². The van der Waals surface area contributed by atoms with Gasteiger partial charge in [0, 0.05) is 0 Å². The van der Waals surface area contributed by atoms with Crippen LogP contribution in [0.15, 0.2) is 71.9 Å². The molecule has 0 saturated carbocycles. The average molecular weight is 553 g/mol. The minimum Gasteiger partial charge on any atom is -0.463 e. The zero-order valence-corrected chi connectivity index (χ0v) is 20.8.